The van der Waals surface area contributed by atoms with Gasteiger partial charge in [-0.1, -0.05) is 36.9 Å². The Balaban J connectivity index is 1.74. The molecule has 0 spiro atoms. The van der Waals surface area contributed by atoms with Gasteiger partial charge < -0.3 is 10.1 Å². The van der Waals surface area contributed by atoms with Gasteiger partial charge in [0.25, 0.3) is 0 Å². The maximum atomic E-state index is 11.1. The van der Waals surface area contributed by atoms with Crippen LogP contribution in [0.4, 0.5) is 0 Å². The maximum absolute atomic E-state index is 11.1. The van der Waals surface area contributed by atoms with Gasteiger partial charge >= 0.3 is 0 Å². The minimum atomic E-state index is -0.155. The highest BCUT2D eigenvalue weighted by molar-refractivity contribution is 5.86. The van der Waals surface area contributed by atoms with Gasteiger partial charge in [-0.15, -0.1) is 0 Å². The Labute approximate surface area is 124 Å². The van der Waals surface area contributed by atoms with Gasteiger partial charge in [0.15, 0.2) is 0 Å². The van der Waals surface area contributed by atoms with Crippen molar-refractivity contribution in [2.24, 2.45) is 0 Å². The van der Waals surface area contributed by atoms with Crippen LogP contribution >= 0.6 is 0 Å². The molecular weight excluding hydrogens is 262 g/mol. The monoisotopic (exact) mass is 279 g/mol. The molecule has 0 saturated heterocycles. The fourth-order valence-electron chi connectivity index (χ4n) is 2.44. The molecule has 106 valence electrons. The van der Waals surface area contributed by atoms with Crippen molar-refractivity contribution < 1.29 is 9.53 Å². The van der Waals surface area contributed by atoms with Crippen LogP contribution in [-0.2, 0) is 17.8 Å². The highest BCUT2D eigenvalue weighted by Gasteiger charge is 2.12. The molecular formula is C18H17NO2. The molecule has 0 aromatic heterocycles. The van der Waals surface area contributed by atoms with Gasteiger partial charge in [-0.2, -0.15) is 0 Å². The van der Waals surface area contributed by atoms with Crippen LogP contribution in [0, 0.1) is 0 Å². The van der Waals surface area contributed by atoms with Gasteiger partial charge in [0.05, 0.1) is 6.61 Å². The predicted molar refractivity (Wildman–Crippen MR) is 83.1 cm³/mol. The Morgan fingerprint density at radius 3 is 2.71 bits per heavy atom. The molecule has 0 radical (unpaired) electrons. The van der Waals surface area contributed by atoms with Crippen LogP contribution in [0.15, 0.2) is 55.1 Å². The summed E-state index contributed by atoms with van der Waals surface area (Å²) in [5, 5.41) is 2.77. The second-order valence-electron chi connectivity index (χ2n) is 5.04. The molecule has 1 aliphatic heterocycles. The molecule has 0 bridgehead atoms. The van der Waals surface area contributed by atoms with Crippen molar-refractivity contribution in [3.05, 3.63) is 66.2 Å². The number of carbonyl (C=O) groups excluding carboxylic acids is 1. The fourth-order valence-corrected chi connectivity index (χ4v) is 2.44. The molecule has 1 amide bonds. The summed E-state index contributed by atoms with van der Waals surface area (Å²) in [5.41, 5.74) is 4.71. The minimum absolute atomic E-state index is 0.155. The van der Waals surface area contributed by atoms with Gasteiger partial charge in [0, 0.05) is 13.0 Å². The number of hydrogen-bond acceptors (Lipinski definition) is 2. The summed E-state index contributed by atoms with van der Waals surface area (Å²) < 4.78 is 5.53. The van der Waals surface area contributed by atoms with Crippen molar-refractivity contribution >= 4 is 5.91 Å². The number of amides is 1. The molecule has 2 aromatic rings. The Morgan fingerprint density at radius 1 is 1.19 bits per heavy atom. The Bertz CT molecular complexity index is 674. The highest BCUT2D eigenvalue weighted by atomic mass is 16.5. The average Bonchev–Trinajstić information content (AvgIpc) is 3.00. The summed E-state index contributed by atoms with van der Waals surface area (Å²) in [4.78, 5) is 11.1. The van der Waals surface area contributed by atoms with E-state index in [1.807, 2.05) is 18.2 Å². The number of nitrogens with one attached hydrogen (secondary N) is 1. The zero-order valence-corrected chi connectivity index (χ0v) is 11.8. The molecule has 1 heterocycles. The quantitative estimate of drug-likeness (QED) is 0.873. The zero-order chi connectivity index (χ0) is 14.7. The van der Waals surface area contributed by atoms with Gasteiger partial charge in [0.1, 0.15) is 5.75 Å². The lowest BCUT2D eigenvalue weighted by atomic mass is 10.0. The summed E-state index contributed by atoms with van der Waals surface area (Å²) in [7, 11) is 0. The van der Waals surface area contributed by atoms with Crippen LogP contribution in [0.3, 0.4) is 0 Å². The van der Waals surface area contributed by atoms with E-state index < -0.39 is 0 Å². The molecule has 0 atom stereocenters. The maximum Gasteiger partial charge on any atom is 0.243 e. The van der Waals surface area contributed by atoms with Crippen LogP contribution in [0.25, 0.3) is 11.1 Å². The molecule has 0 saturated carbocycles. The van der Waals surface area contributed by atoms with Crippen LogP contribution < -0.4 is 10.1 Å². The van der Waals surface area contributed by atoms with Crippen LogP contribution in [0.5, 0.6) is 5.75 Å². The van der Waals surface area contributed by atoms with Gasteiger partial charge in [-0.25, -0.2) is 0 Å². The summed E-state index contributed by atoms with van der Waals surface area (Å²) in [6, 6.07) is 14.5. The number of hydrogen-bond donors (Lipinski definition) is 1. The van der Waals surface area contributed by atoms with E-state index in [9.17, 15) is 4.79 Å². The Kier molecular flexibility index (Phi) is 3.73. The molecule has 3 nitrogen and oxygen atoms in total. The second kappa shape index (κ2) is 5.83. The molecule has 21 heavy (non-hydrogen) atoms. The third-order valence-corrected chi connectivity index (χ3v) is 3.63. The largest absolute Gasteiger partial charge is 0.493 e. The van der Waals surface area contributed by atoms with E-state index in [4.69, 9.17) is 4.74 Å². The van der Waals surface area contributed by atoms with Crippen molar-refractivity contribution in [3.63, 3.8) is 0 Å². The van der Waals surface area contributed by atoms with Gasteiger partial charge in [0.2, 0.25) is 5.91 Å². The van der Waals surface area contributed by atoms with E-state index >= 15 is 0 Å². The fraction of sp³-hybridized carbons (Fsp3) is 0.167. The lowest BCUT2D eigenvalue weighted by Gasteiger charge is -2.07. The second-order valence-corrected chi connectivity index (χ2v) is 5.04. The number of carbonyl (C=O) groups is 1. The van der Waals surface area contributed by atoms with Crippen molar-refractivity contribution in [2.75, 3.05) is 6.61 Å². The number of ether oxygens (including phenoxy) is 1. The van der Waals surface area contributed by atoms with Crippen LogP contribution in [0.1, 0.15) is 11.1 Å². The number of rotatable bonds is 4. The van der Waals surface area contributed by atoms with E-state index in [0.717, 1.165) is 24.3 Å². The van der Waals surface area contributed by atoms with Crippen LogP contribution in [0.2, 0.25) is 0 Å². The summed E-state index contributed by atoms with van der Waals surface area (Å²) >= 11 is 0. The van der Waals surface area contributed by atoms with Gasteiger partial charge in [-0.05, 0) is 40.5 Å². The van der Waals surface area contributed by atoms with E-state index in [0.29, 0.717) is 6.54 Å². The van der Waals surface area contributed by atoms with Crippen molar-refractivity contribution in [2.45, 2.75) is 13.0 Å². The first-order valence-corrected chi connectivity index (χ1v) is 7.01. The lowest BCUT2D eigenvalue weighted by Crippen LogP contribution is -2.19. The van der Waals surface area contributed by atoms with Crippen LogP contribution in [-0.4, -0.2) is 12.5 Å². The summed E-state index contributed by atoms with van der Waals surface area (Å²) in [6.45, 7) is 4.73. The number of fused-ring (bicyclic) bond motifs is 1. The topological polar surface area (TPSA) is 38.3 Å². The van der Waals surface area contributed by atoms with E-state index in [1.54, 1.807) is 0 Å². The molecule has 1 aliphatic rings. The molecule has 0 unspecified atom stereocenters. The van der Waals surface area contributed by atoms with Gasteiger partial charge in [-0.3, -0.25) is 4.79 Å². The minimum Gasteiger partial charge on any atom is -0.493 e. The Morgan fingerprint density at radius 2 is 1.95 bits per heavy atom. The van der Waals surface area contributed by atoms with E-state index in [2.05, 4.69) is 36.2 Å². The first kappa shape index (κ1) is 13.4. The first-order valence-electron chi connectivity index (χ1n) is 7.01. The molecule has 1 N–H and O–H groups in total. The lowest BCUT2D eigenvalue weighted by molar-refractivity contribution is -0.116. The Hall–Kier alpha value is -2.55. The SMILES string of the molecule is C=CC(=O)NCc1ccc(-c2ccc3c(c2)CCO3)cc1. The summed E-state index contributed by atoms with van der Waals surface area (Å²) in [5.74, 6) is 0.847. The molecule has 0 aliphatic carbocycles. The predicted octanol–water partition coefficient (Wildman–Crippen LogP) is 3.09. The smallest absolute Gasteiger partial charge is 0.243 e. The standard InChI is InChI=1S/C18H17NO2/c1-2-18(20)19-12-13-3-5-14(6-4-13)15-7-8-17-16(11-15)9-10-21-17/h2-8,11H,1,9-10,12H2,(H,19,20). The highest BCUT2D eigenvalue weighted by Crippen LogP contribution is 2.30. The van der Waals surface area contributed by atoms with Crippen molar-refractivity contribution in [3.8, 4) is 16.9 Å². The summed E-state index contributed by atoms with van der Waals surface area (Å²) in [6.07, 6.45) is 2.26. The van der Waals surface area contributed by atoms with Crippen molar-refractivity contribution in [1.82, 2.24) is 5.32 Å². The third-order valence-electron chi connectivity index (χ3n) is 3.63. The van der Waals surface area contributed by atoms with E-state index in [-0.39, 0.29) is 5.91 Å². The normalized spacial score (nSPS) is 12.4. The first-order chi connectivity index (χ1) is 10.3. The zero-order valence-electron chi connectivity index (χ0n) is 11.8. The molecule has 3 rings (SSSR count). The number of benzene rings is 2. The van der Waals surface area contributed by atoms with E-state index in [1.165, 1.54) is 22.8 Å². The molecule has 0 fully saturated rings. The molecule has 2 aromatic carbocycles. The molecule has 3 heteroatoms. The van der Waals surface area contributed by atoms with Crippen molar-refractivity contribution in [1.29, 1.82) is 0 Å². The third kappa shape index (κ3) is 2.97. The average molecular weight is 279 g/mol.